The summed E-state index contributed by atoms with van der Waals surface area (Å²) in [5.41, 5.74) is 13.1. The summed E-state index contributed by atoms with van der Waals surface area (Å²) >= 11 is 1.45. The van der Waals surface area contributed by atoms with Crippen LogP contribution in [0.1, 0.15) is 89.0 Å². The highest BCUT2D eigenvalue weighted by Crippen LogP contribution is 2.41. The van der Waals surface area contributed by atoms with Crippen molar-refractivity contribution in [1.29, 1.82) is 0 Å². The van der Waals surface area contributed by atoms with Crippen LogP contribution in [0.4, 0.5) is 17.2 Å². The van der Waals surface area contributed by atoms with Crippen LogP contribution < -0.4 is 30.3 Å². The normalized spacial score (nSPS) is 23.6. The summed E-state index contributed by atoms with van der Waals surface area (Å²) in [4.78, 5) is 41.2. The van der Waals surface area contributed by atoms with E-state index in [1.807, 2.05) is 69.4 Å². The fourth-order valence-electron chi connectivity index (χ4n) is 11.6. The predicted octanol–water partition coefficient (Wildman–Crippen LogP) is 6.24. The molecule has 1 unspecified atom stereocenters. The van der Waals surface area contributed by atoms with Crippen LogP contribution >= 0.6 is 11.3 Å². The van der Waals surface area contributed by atoms with Crippen molar-refractivity contribution >= 4 is 40.3 Å². The number of nitrogens with zero attached hydrogens (tertiary/aromatic N) is 10. The van der Waals surface area contributed by atoms with E-state index in [2.05, 4.69) is 62.7 Å². The van der Waals surface area contributed by atoms with E-state index in [-0.39, 0.29) is 72.9 Å². The number of aliphatic hydroxyl groups excluding tert-OH is 1. The molecule has 11 rings (SSSR count). The Morgan fingerprint density at radius 3 is 2.39 bits per heavy atom. The molecule has 8 heterocycles. The fraction of sp³-hybridized carbons (Fsp3) is 0.491. The zero-order valence-electron chi connectivity index (χ0n) is 43.1. The molecule has 5 aliphatic rings. The smallest absolute Gasteiger partial charge is 0.254 e. The number of pyridine rings is 1. The van der Waals surface area contributed by atoms with E-state index in [1.165, 1.54) is 16.2 Å². The number of hydrogen-bond acceptors (Lipinski definition) is 19. The molecule has 0 spiro atoms. The summed E-state index contributed by atoms with van der Waals surface area (Å²) in [5.74, 6) is 0.298. The topological polar surface area (TPSA) is 244 Å². The number of rotatable bonds is 18. The summed E-state index contributed by atoms with van der Waals surface area (Å²) in [6.07, 6.45) is 7.20. The molecule has 6 atom stereocenters. The summed E-state index contributed by atoms with van der Waals surface area (Å²) in [6, 6.07) is 22.1. The quantitative estimate of drug-likeness (QED) is 0.0744. The number of anilines is 3. The molecule has 5 fully saturated rings. The molecule has 4 aromatic heterocycles. The maximum absolute atomic E-state index is 14.2. The number of likely N-dealkylation sites (tertiary alicyclic amines) is 2. The van der Waals surface area contributed by atoms with Crippen molar-refractivity contribution in [2.24, 2.45) is 5.92 Å². The molecular formula is C55H66N12O8S. The van der Waals surface area contributed by atoms with Crippen molar-refractivity contribution < 1.29 is 38.5 Å². The molecule has 1 aliphatic carbocycles. The number of benzene rings is 2. The molecule has 1 saturated carbocycles. The fourth-order valence-corrected chi connectivity index (χ4v) is 12.2. The second kappa shape index (κ2) is 22.3. The number of hydrogen-bond donors (Lipinski definition) is 4. The number of piperazine rings is 1. The second-order valence-electron chi connectivity index (χ2n) is 21.2. The number of nitrogens with one attached hydrogen (secondary N) is 1. The van der Waals surface area contributed by atoms with Crippen LogP contribution in [0, 0.1) is 5.92 Å². The number of phenols is 1. The first-order chi connectivity index (χ1) is 36.9. The molecule has 20 nitrogen and oxygen atoms in total. The number of nitrogen functional groups attached to an aromatic ring is 1. The van der Waals surface area contributed by atoms with Gasteiger partial charge in [0, 0.05) is 106 Å². The van der Waals surface area contributed by atoms with Crippen LogP contribution in [-0.2, 0) is 14.3 Å². The number of carbonyl (C=O) groups excluding carboxylic acids is 2. The molecule has 21 heteroatoms. The van der Waals surface area contributed by atoms with Crippen LogP contribution in [0.25, 0.3) is 21.8 Å². The van der Waals surface area contributed by atoms with E-state index >= 15 is 0 Å². The van der Waals surface area contributed by atoms with Gasteiger partial charge in [0.2, 0.25) is 17.7 Å². The lowest BCUT2D eigenvalue weighted by atomic mass is 9.91. The van der Waals surface area contributed by atoms with Gasteiger partial charge in [0.05, 0.1) is 35.7 Å². The minimum atomic E-state index is -0.837. The van der Waals surface area contributed by atoms with Crippen LogP contribution in [0.2, 0.25) is 0 Å². The Balaban J connectivity index is 0.601. The van der Waals surface area contributed by atoms with E-state index in [1.54, 1.807) is 23.7 Å². The Morgan fingerprint density at radius 2 is 1.66 bits per heavy atom. The molecule has 0 radical (unpaired) electrons. The standard InChI is InChI=1S/C55H66N12O8S/c1-32(2)51(55(71)66-30-39(68)23-46(66)53(70)59-33(3)34-8-10-35(11-9-34)54-62-58-31-76-54)48-27-50(63-75-48)72-21-20-64-18-15-40(16-19-64)73-41-24-42(25-41)74-49-22-36(14-17-57-49)67-37-12-13-38(67)29-65(28-37)45-26-44(60-61-52(45)56)43-6-4-5-7-47(43)69/h4-11,14,17,22,26-27,31-33,37-42,46,51,68-69H,12-13,15-16,18-21,23-25,28-30H2,1-3H3,(H2,56,61)(H,59,70)/t33-,37+,38?,39+,41?,42?,46-,51-/m0/s1. The first kappa shape index (κ1) is 51.2. The number of β-amino-alcohol motifs (C(OH)–C–C–N with tert-alkyl or cyclic N) is 1. The van der Waals surface area contributed by atoms with Gasteiger partial charge in [0.1, 0.15) is 40.9 Å². The Labute approximate surface area is 445 Å². The maximum Gasteiger partial charge on any atom is 0.254 e. The molecule has 2 bridgehead atoms. The average Bonchev–Trinajstić information content (AvgIpc) is 4.27. The van der Waals surface area contributed by atoms with E-state index in [0.29, 0.717) is 47.7 Å². The Kier molecular flexibility index (Phi) is 15.0. The minimum absolute atomic E-state index is 0.0465. The van der Waals surface area contributed by atoms with Crippen LogP contribution in [0.5, 0.6) is 17.5 Å². The summed E-state index contributed by atoms with van der Waals surface area (Å²) in [5, 5.41) is 45.8. The number of aromatic hydroxyl groups is 1. The summed E-state index contributed by atoms with van der Waals surface area (Å²) in [7, 11) is 0. The number of fused-ring (bicyclic) bond motifs is 2. The lowest BCUT2D eigenvalue weighted by molar-refractivity contribution is -0.141. The van der Waals surface area contributed by atoms with Gasteiger partial charge in [-0.05, 0) is 73.5 Å². The van der Waals surface area contributed by atoms with Crippen molar-refractivity contribution in [1.82, 2.24) is 45.7 Å². The molecule has 2 aromatic carbocycles. The van der Waals surface area contributed by atoms with Gasteiger partial charge in [-0.3, -0.25) is 14.5 Å². The van der Waals surface area contributed by atoms with Gasteiger partial charge in [-0.1, -0.05) is 61.6 Å². The highest BCUT2D eigenvalue weighted by atomic mass is 32.1. The maximum atomic E-state index is 14.2. The van der Waals surface area contributed by atoms with Gasteiger partial charge in [0.15, 0.2) is 11.6 Å². The number of aromatic nitrogens is 6. The van der Waals surface area contributed by atoms with Gasteiger partial charge in [0.25, 0.3) is 5.88 Å². The van der Waals surface area contributed by atoms with E-state index in [9.17, 15) is 19.8 Å². The number of carbonyl (C=O) groups is 2. The van der Waals surface area contributed by atoms with Crippen molar-refractivity contribution in [3.05, 3.63) is 95.8 Å². The number of para-hydroxylation sites is 1. The highest BCUT2D eigenvalue weighted by Gasteiger charge is 2.45. The lowest BCUT2D eigenvalue weighted by Gasteiger charge is -2.43. The number of piperidine rings is 1. The monoisotopic (exact) mass is 1050 g/mol. The number of ether oxygens (including phenoxy) is 3. The molecular weight excluding hydrogens is 989 g/mol. The zero-order chi connectivity index (χ0) is 52.5. The van der Waals surface area contributed by atoms with Crippen molar-refractivity contribution in [3.8, 4) is 39.3 Å². The average molecular weight is 1060 g/mol. The lowest BCUT2D eigenvalue weighted by Crippen LogP contribution is -2.54. The molecule has 400 valence electrons. The van der Waals surface area contributed by atoms with Gasteiger partial charge in [-0.2, -0.15) is 0 Å². The third kappa shape index (κ3) is 11.1. The third-order valence-corrected chi connectivity index (χ3v) is 16.5. The zero-order valence-corrected chi connectivity index (χ0v) is 43.9. The number of aliphatic hydroxyl groups is 1. The molecule has 6 aromatic rings. The largest absolute Gasteiger partial charge is 0.507 e. The number of nitrogens with two attached hydrogens (primary N) is 1. The highest BCUT2D eigenvalue weighted by molar-refractivity contribution is 7.12. The van der Waals surface area contributed by atoms with E-state index in [0.717, 1.165) is 92.2 Å². The van der Waals surface area contributed by atoms with Gasteiger partial charge in [-0.15, -0.1) is 20.4 Å². The summed E-state index contributed by atoms with van der Waals surface area (Å²) < 4.78 is 24.7. The first-order valence-corrected chi connectivity index (χ1v) is 27.5. The van der Waals surface area contributed by atoms with Crippen molar-refractivity contribution in [2.45, 2.75) is 120 Å². The molecule has 2 amide bonds. The second-order valence-corrected chi connectivity index (χ2v) is 22.0. The Hall–Kier alpha value is -6.94. The van der Waals surface area contributed by atoms with Gasteiger partial charge >= 0.3 is 0 Å². The molecule has 4 saturated heterocycles. The molecule has 5 N–H and O–H groups in total. The van der Waals surface area contributed by atoms with Crippen LogP contribution in [-0.4, -0.2) is 151 Å². The van der Waals surface area contributed by atoms with Crippen LogP contribution in [0.15, 0.2) is 89.0 Å². The third-order valence-electron chi connectivity index (χ3n) is 15.7. The predicted molar refractivity (Wildman–Crippen MR) is 285 cm³/mol. The number of amides is 2. The summed E-state index contributed by atoms with van der Waals surface area (Å²) in [6.45, 7) is 10.3. The van der Waals surface area contributed by atoms with Gasteiger partial charge < -0.3 is 54.7 Å². The van der Waals surface area contributed by atoms with E-state index in [4.69, 9.17) is 24.5 Å². The molecule has 76 heavy (non-hydrogen) atoms. The van der Waals surface area contributed by atoms with Crippen LogP contribution in [0.3, 0.4) is 0 Å². The minimum Gasteiger partial charge on any atom is -0.507 e. The number of phenolic OH excluding ortho intramolecular Hbond substituents is 1. The Bertz CT molecular complexity index is 2940. The Morgan fingerprint density at radius 1 is 0.882 bits per heavy atom. The SMILES string of the molecule is CC(C)[C@H](C(=O)N1C[C@H](O)C[C@H]1C(=O)N[C@@H](C)c1ccc(-c2nncs2)cc1)c1cc(OCCN2CCC(OC3CC(Oc4cc(N5C6CC[C@@H]5CN(c5cc(-c7ccccc7O)nnc5N)C6)ccn4)C3)CC2)no1. The van der Waals surface area contributed by atoms with Crippen molar-refractivity contribution in [3.63, 3.8) is 0 Å². The van der Waals surface area contributed by atoms with E-state index < -0.39 is 18.1 Å². The van der Waals surface area contributed by atoms with Gasteiger partial charge in [-0.25, -0.2) is 4.98 Å². The van der Waals surface area contributed by atoms with Crippen molar-refractivity contribution in [2.75, 3.05) is 61.4 Å². The first-order valence-electron chi connectivity index (χ1n) is 26.6. The molecule has 4 aliphatic heterocycles.